The maximum Gasteiger partial charge on any atom is 0.131 e. The Labute approximate surface area is 106 Å². The fraction of sp³-hybridized carbons (Fsp3) is 0.214. The number of ether oxygens (including phenoxy) is 1. The van der Waals surface area contributed by atoms with Crippen molar-refractivity contribution >= 4 is 5.82 Å². The third-order valence-corrected chi connectivity index (χ3v) is 2.88. The van der Waals surface area contributed by atoms with Gasteiger partial charge in [0.05, 0.1) is 18.4 Å². The van der Waals surface area contributed by atoms with E-state index in [1.165, 1.54) is 0 Å². The second kappa shape index (κ2) is 4.46. The molecule has 0 aliphatic carbocycles. The molecule has 0 bridgehead atoms. The Bertz CT molecular complexity index is 635. The van der Waals surface area contributed by atoms with Crippen LogP contribution in [0.5, 0.6) is 5.75 Å². The van der Waals surface area contributed by atoms with Crippen LogP contribution in [0.25, 0.3) is 11.3 Å². The van der Waals surface area contributed by atoms with E-state index >= 15 is 0 Å². The lowest BCUT2D eigenvalue weighted by Gasteiger charge is -2.11. The minimum absolute atomic E-state index is 0.383. The van der Waals surface area contributed by atoms with Crippen molar-refractivity contribution < 1.29 is 4.74 Å². The van der Waals surface area contributed by atoms with Gasteiger partial charge in [0, 0.05) is 5.56 Å². The third-order valence-electron chi connectivity index (χ3n) is 2.88. The van der Waals surface area contributed by atoms with Crippen molar-refractivity contribution in [2.24, 2.45) is 0 Å². The highest BCUT2D eigenvalue weighted by atomic mass is 16.5. The summed E-state index contributed by atoms with van der Waals surface area (Å²) in [6, 6.07) is 7.86. The molecule has 4 heteroatoms. The summed E-state index contributed by atoms with van der Waals surface area (Å²) in [5, 5.41) is 8.93. The molecule has 4 nitrogen and oxygen atoms in total. The van der Waals surface area contributed by atoms with Crippen LogP contribution >= 0.6 is 0 Å². The number of nitriles is 1. The first-order valence-corrected chi connectivity index (χ1v) is 5.61. The number of aromatic amines is 1. The van der Waals surface area contributed by atoms with E-state index in [-0.39, 0.29) is 0 Å². The highest BCUT2D eigenvalue weighted by Gasteiger charge is 2.13. The van der Waals surface area contributed by atoms with Crippen molar-refractivity contribution in [2.45, 2.75) is 13.8 Å². The molecule has 1 aromatic heterocycles. The van der Waals surface area contributed by atoms with Crippen LogP contribution in [0, 0.1) is 25.2 Å². The van der Waals surface area contributed by atoms with E-state index in [1.54, 1.807) is 13.2 Å². The normalized spacial score (nSPS) is 10.1. The van der Waals surface area contributed by atoms with Crippen molar-refractivity contribution in [2.75, 3.05) is 12.8 Å². The van der Waals surface area contributed by atoms with Crippen LogP contribution in [0.1, 0.15) is 16.7 Å². The van der Waals surface area contributed by atoms with Crippen LogP contribution in [-0.4, -0.2) is 12.1 Å². The lowest BCUT2D eigenvalue weighted by Crippen LogP contribution is -1.93. The molecule has 0 aliphatic heterocycles. The van der Waals surface area contributed by atoms with Crippen molar-refractivity contribution in [1.82, 2.24) is 4.98 Å². The number of hydrogen-bond donors (Lipinski definition) is 2. The van der Waals surface area contributed by atoms with Gasteiger partial charge in [0.1, 0.15) is 17.6 Å². The first kappa shape index (κ1) is 12.1. The topological polar surface area (TPSA) is 74.8 Å². The number of hydrogen-bond acceptors (Lipinski definition) is 3. The van der Waals surface area contributed by atoms with E-state index in [0.717, 1.165) is 28.1 Å². The van der Waals surface area contributed by atoms with E-state index in [1.807, 2.05) is 19.9 Å². The summed E-state index contributed by atoms with van der Waals surface area (Å²) < 4.78 is 5.42. The van der Waals surface area contributed by atoms with E-state index in [2.05, 4.69) is 17.1 Å². The number of nitrogens with zero attached hydrogens (tertiary/aromatic N) is 1. The van der Waals surface area contributed by atoms with Crippen LogP contribution in [0.2, 0.25) is 0 Å². The number of rotatable bonds is 2. The monoisotopic (exact) mass is 241 g/mol. The number of nitrogens with two attached hydrogens (primary N) is 1. The molecule has 0 radical (unpaired) electrons. The summed E-state index contributed by atoms with van der Waals surface area (Å²) in [7, 11) is 1.64. The van der Waals surface area contributed by atoms with Crippen molar-refractivity contribution in [3.63, 3.8) is 0 Å². The molecule has 92 valence electrons. The molecule has 0 atom stereocenters. The van der Waals surface area contributed by atoms with Gasteiger partial charge >= 0.3 is 0 Å². The second-order valence-electron chi connectivity index (χ2n) is 4.28. The highest BCUT2D eigenvalue weighted by Crippen LogP contribution is 2.34. The van der Waals surface area contributed by atoms with Gasteiger partial charge in [-0.25, -0.2) is 0 Å². The average Bonchev–Trinajstić information content (AvgIpc) is 2.69. The van der Waals surface area contributed by atoms with Gasteiger partial charge in [0.25, 0.3) is 0 Å². The highest BCUT2D eigenvalue weighted by molar-refractivity contribution is 5.74. The van der Waals surface area contributed by atoms with Gasteiger partial charge < -0.3 is 15.5 Å². The van der Waals surface area contributed by atoms with Gasteiger partial charge in [0.2, 0.25) is 0 Å². The number of benzene rings is 1. The number of aromatic nitrogens is 1. The fourth-order valence-electron chi connectivity index (χ4n) is 2.13. The predicted molar refractivity (Wildman–Crippen MR) is 71.4 cm³/mol. The number of H-pyrrole nitrogens is 1. The first-order chi connectivity index (χ1) is 8.56. The summed E-state index contributed by atoms with van der Waals surface area (Å²) in [5.74, 6) is 1.18. The van der Waals surface area contributed by atoms with Gasteiger partial charge in [-0.15, -0.1) is 0 Å². The maximum atomic E-state index is 8.93. The Kier molecular flexibility index (Phi) is 2.99. The molecule has 3 N–H and O–H groups in total. The Balaban J connectivity index is 2.66. The Morgan fingerprint density at radius 2 is 2.00 bits per heavy atom. The largest absolute Gasteiger partial charge is 0.496 e. The molecule has 1 aromatic carbocycles. The number of nitrogen functional groups attached to an aromatic ring is 1. The maximum absolute atomic E-state index is 8.93. The number of anilines is 1. The molecule has 1 heterocycles. The van der Waals surface area contributed by atoms with Crippen molar-refractivity contribution in [3.05, 3.63) is 34.9 Å². The summed E-state index contributed by atoms with van der Waals surface area (Å²) >= 11 is 0. The Hall–Kier alpha value is -2.41. The summed E-state index contributed by atoms with van der Waals surface area (Å²) in [4.78, 5) is 3.02. The molecule has 0 unspecified atom stereocenters. The van der Waals surface area contributed by atoms with Gasteiger partial charge in [-0.2, -0.15) is 5.26 Å². The molecule has 0 amide bonds. The zero-order valence-electron chi connectivity index (χ0n) is 10.7. The molecule has 0 saturated carbocycles. The van der Waals surface area contributed by atoms with Gasteiger partial charge in [-0.3, -0.25) is 0 Å². The SMILES string of the molecule is COc1c(C)cc(C)cc1-c1cc(C#N)c(N)[nH]1. The molecule has 18 heavy (non-hydrogen) atoms. The van der Waals surface area contributed by atoms with Crippen LogP contribution in [0.3, 0.4) is 0 Å². The molecule has 0 aliphatic rings. The smallest absolute Gasteiger partial charge is 0.131 e. The molecular formula is C14H15N3O. The quantitative estimate of drug-likeness (QED) is 0.848. The summed E-state index contributed by atoms with van der Waals surface area (Å²) in [6.45, 7) is 4.01. The summed E-state index contributed by atoms with van der Waals surface area (Å²) in [5.41, 5.74) is 10.1. The molecular weight excluding hydrogens is 226 g/mol. The number of aryl methyl sites for hydroxylation is 2. The Morgan fingerprint density at radius 1 is 1.28 bits per heavy atom. The number of nitrogens with one attached hydrogen (secondary N) is 1. The molecule has 2 rings (SSSR count). The zero-order valence-corrected chi connectivity index (χ0v) is 10.7. The summed E-state index contributed by atoms with van der Waals surface area (Å²) in [6.07, 6.45) is 0. The van der Waals surface area contributed by atoms with Crippen molar-refractivity contribution in [1.29, 1.82) is 5.26 Å². The standard InChI is InChI=1S/C14H15N3O/c1-8-4-9(2)13(18-3)11(5-8)12-6-10(7-15)14(16)17-12/h4-6,17H,16H2,1-3H3. The number of methoxy groups -OCH3 is 1. The van der Waals surface area contributed by atoms with Gasteiger partial charge in [-0.1, -0.05) is 6.07 Å². The molecule has 0 spiro atoms. The Morgan fingerprint density at radius 3 is 2.56 bits per heavy atom. The molecule has 2 aromatic rings. The van der Waals surface area contributed by atoms with Gasteiger partial charge in [0.15, 0.2) is 0 Å². The second-order valence-corrected chi connectivity index (χ2v) is 4.28. The average molecular weight is 241 g/mol. The van der Waals surface area contributed by atoms with Crippen LogP contribution in [0.15, 0.2) is 18.2 Å². The predicted octanol–water partition coefficient (Wildman–Crippen LogP) is 2.76. The fourth-order valence-corrected chi connectivity index (χ4v) is 2.13. The lowest BCUT2D eigenvalue weighted by molar-refractivity contribution is 0.413. The van der Waals surface area contributed by atoms with E-state index in [0.29, 0.717) is 11.4 Å². The lowest BCUT2D eigenvalue weighted by atomic mass is 10.0. The zero-order chi connectivity index (χ0) is 13.3. The van der Waals surface area contributed by atoms with E-state index < -0.39 is 0 Å². The van der Waals surface area contributed by atoms with Crippen LogP contribution in [0.4, 0.5) is 5.82 Å². The van der Waals surface area contributed by atoms with E-state index in [9.17, 15) is 0 Å². The minimum Gasteiger partial charge on any atom is -0.496 e. The minimum atomic E-state index is 0.383. The third kappa shape index (κ3) is 1.91. The van der Waals surface area contributed by atoms with E-state index in [4.69, 9.17) is 15.7 Å². The first-order valence-electron chi connectivity index (χ1n) is 5.61. The molecule has 0 saturated heterocycles. The van der Waals surface area contributed by atoms with Crippen molar-refractivity contribution in [3.8, 4) is 23.1 Å². The van der Waals surface area contributed by atoms with Crippen LogP contribution in [-0.2, 0) is 0 Å². The van der Waals surface area contributed by atoms with Gasteiger partial charge in [-0.05, 0) is 37.1 Å². The van der Waals surface area contributed by atoms with Crippen LogP contribution < -0.4 is 10.5 Å². The molecule has 0 fully saturated rings.